The molecular weight excluding hydrogens is 228 g/mol. The Bertz CT molecular complexity index is 469. The Kier molecular flexibility index (Phi) is 2.98. The maximum Gasteiger partial charge on any atom is 0.223 e. The van der Waals surface area contributed by atoms with Gasteiger partial charge in [0.2, 0.25) is 5.12 Å². The van der Waals surface area contributed by atoms with Crippen molar-refractivity contribution < 1.29 is 9.21 Å². The Morgan fingerprint density at radius 3 is 2.93 bits per heavy atom. The van der Waals surface area contributed by atoms with E-state index >= 15 is 0 Å². The van der Waals surface area contributed by atoms with Crippen molar-refractivity contribution in [3.8, 4) is 10.6 Å². The molecule has 0 aromatic carbocycles. The van der Waals surface area contributed by atoms with Crippen LogP contribution >= 0.6 is 23.1 Å². The number of rotatable bonds is 2. The minimum absolute atomic E-state index is 0.0512. The molecule has 0 N–H and O–H groups in total. The molecule has 0 amide bonds. The maximum absolute atomic E-state index is 11.7. The molecule has 0 bridgehead atoms. The van der Waals surface area contributed by atoms with Crippen molar-refractivity contribution in [3.63, 3.8) is 0 Å². The van der Waals surface area contributed by atoms with Gasteiger partial charge in [-0.3, -0.25) is 4.79 Å². The third-order valence-corrected chi connectivity index (χ3v) is 3.46. The van der Waals surface area contributed by atoms with Crippen molar-refractivity contribution >= 4 is 28.2 Å². The second kappa shape index (κ2) is 4.24. The maximum atomic E-state index is 11.7. The Balaban J connectivity index is 2.52. The van der Waals surface area contributed by atoms with Crippen LogP contribution in [0.2, 0.25) is 0 Å². The van der Waals surface area contributed by atoms with Crippen molar-refractivity contribution in [2.24, 2.45) is 0 Å². The summed E-state index contributed by atoms with van der Waals surface area (Å²) in [7, 11) is 0. The number of carbonyl (C=O) groups excluding carboxylic acids is 1. The van der Waals surface area contributed by atoms with E-state index < -0.39 is 0 Å². The Morgan fingerprint density at radius 2 is 2.33 bits per heavy atom. The summed E-state index contributed by atoms with van der Waals surface area (Å²) in [4.78, 5) is 12.7. The molecule has 78 valence electrons. The highest BCUT2D eigenvalue weighted by molar-refractivity contribution is 8.13. The third-order valence-electron chi connectivity index (χ3n) is 2.01. The molecule has 2 nitrogen and oxygen atoms in total. The molecule has 2 rings (SSSR count). The first-order valence-corrected chi connectivity index (χ1v) is 6.55. The van der Waals surface area contributed by atoms with E-state index in [-0.39, 0.29) is 5.12 Å². The van der Waals surface area contributed by atoms with Crippen LogP contribution in [0.1, 0.15) is 16.1 Å². The number of carbonyl (C=O) groups is 1. The van der Waals surface area contributed by atoms with Crippen LogP contribution in [0, 0.1) is 6.92 Å². The van der Waals surface area contributed by atoms with Crippen LogP contribution in [0.3, 0.4) is 0 Å². The number of hydrogen-bond donors (Lipinski definition) is 0. The van der Waals surface area contributed by atoms with E-state index in [2.05, 4.69) is 0 Å². The Hall–Kier alpha value is -1.00. The summed E-state index contributed by atoms with van der Waals surface area (Å²) < 4.78 is 5.56. The van der Waals surface area contributed by atoms with E-state index in [4.69, 9.17) is 4.42 Å². The Labute approximate surface area is 96.3 Å². The van der Waals surface area contributed by atoms with E-state index in [0.29, 0.717) is 11.3 Å². The fourth-order valence-corrected chi connectivity index (χ4v) is 2.46. The van der Waals surface area contributed by atoms with Gasteiger partial charge in [0.05, 0.1) is 10.4 Å². The van der Waals surface area contributed by atoms with Crippen LogP contribution in [-0.2, 0) is 0 Å². The molecule has 0 aliphatic carbocycles. The summed E-state index contributed by atoms with van der Waals surface area (Å²) in [5.74, 6) is 1.47. The van der Waals surface area contributed by atoms with Crippen molar-refractivity contribution in [1.29, 1.82) is 0 Å². The zero-order valence-electron chi connectivity index (χ0n) is 8.44. The molecule has 0 aliphatic rings. The lowest BCUT2D eigenvalue weighted by atomic mass is 10.2. The van der Waals surface area contributed by atoms with Crippen LogP contribution in [0.5, 0.6) is 0 Å². The van der Waals surface area contributed by atoms with Gasteiger partial charge in [-0.2, -0.15) is 0 Å². The standard InChI is InChI=1S/C11H10O2S2/c1-7-6-8(11(12)14-2)10(13-7)9-4-3-5-15-9/h3-6H,1-2H3. The SMILES string of the molecule is CSC(=O)c1cc(C)oc1-c1cccs1. The number of hydrogen-bond acceptors (Lipinski definition) is 4. The van der Waals surface area contributed by atoms with E-state index in [9.17, 15) is 4.79 Å². The molecule has 0 spiro atoms. The van der Waals surface area contributed by atoms with Crippen LogP contribution in [0.15, 0.2) is 28.0 Å². The van der Waals surface area contributed by atoms with Gasteiger partial charge in [-0.15, -0.1) is 11.3 Å². The number of thiophene rings is 1. The van der Waals surface area contributed by atoms with Crippen LogP contribution in [0.25, 0.3) is 10.6 Å². The molecule has 15 heavy (non-hydrogen) atoms. The average molecular weight is 238 g/mol. The highest BCUT2D eigenvalue weighted by Gasteiger charge is 2.17. The number of furan rings is 1. The molecular formula is C11H10O2S2. The molecule has 0 aliphatic heterocycles. The zero-order chi connectivity index (χ0) is 10.8. The summed E-state index contributed by atoms with van der Waals surface area (Å²) >= 11 is 2.78. The second-order valence-electron chi connectivity index (χ2n) is 3.07. The average Bonchev–Trinajstić information content (AvgIpc) is 2.84. The second-order valence-corrected chi connectivity index (χ2v) is 4.80. The molecule has 2 aromatic rings. The van der Waals surface area contributed by atoms with Crippen LogP contribution in [-0.4, -0.2) is 11.4 Å². The number of thioether (sulfide) groups is 1. The fraction of sp³-hybridized carbons (Fsp3) is 0.182. The van der Waals surface area contributed by atoms with Gasteiger partial charge in [0.15, 0.2) is 5.76 Å². The first kappa shape index (κ1) is 10.5. The first-order valence-electron chi connectivity index (χ1n) is 4.45. The minimum atomic E-state index is 0.0512. The van der Waals surface area contributed by atoms with Crippen LogP contribution < -0.4 is 0 Å². The van der Waals surface area contributed by atoms with Crippen LogP contribution in [0.4, 0.5) is 0 Å². The first-order chi connectivity index (χ1) is 7.22. The van der Waals surface area contributed by atoms with E-state index in [1.165, 1.54) is 11.8 Å². The van der Waals surface area contributed by atoms with Crippen molar-refractivity contribution in [2.45, 2.75) is 6.92 Å². The largest absolute Gasteiger partial charge is 0.460 e. The summed E-state index contributed by atoms with van der Waals surface area (Å²) in [5.41, 5.74) is 0.669. The molecule has 4 heteroatoms. The normalized spacial score (nSPS) is 10.5. The molecule has 0 unspecified atom stereocenters. The molecule has 0 saturated carbocycles. The highest BCUT2D eigenvalue weighted by atomic mass is 32.2. The molecule has 0 fully saturated rings. The van der Waals surface area contributed by atoms with Crippen molar-refractivity contribution in [2.75, 3.05) is 6.26 Å². The highest BCUT2D eigenvalue weighted by Crippen LogP contribution is 2.32. The van der Waals surface area contributed by atoms with Gasteiger partial charge in [-0.1, -0.05) is 17.8 Å². The lowest BCUT2D eigenvalue weighted by molar-refractivity contribution is 0.108. The van der Waals surface area contributed by atoms with Gasteiger partial charge >= 0.3 is 0 Å². The molecule has 0 radical (unpaired) electrons. The van der Waals surface area contributed by atoms with Gasteiger partial charge in [-0.25, -0.2) is 0 Å². The van der Waals surface area contributed by atoms with E-state index in [1.807, 2.05) is 24.4 Å². The Morgan fingerprint density at radius 1 is 1.53 bits per heavy atom. The van der Waals surface area contributed by atoms with Gasteiger partial charge in [0.1, 0.15) is 5.76 Å². The lowest BCUT2D eigenvalue weighted by Crippen LogP contribution is -1.90. The summed E-state index contributed by atoms with van der Waals surface area (Å²) in [5, 5.41) is 2.02. The quantitative estimate of drug-likeness (QED) is 0.796. The molecule has 2 aromatic heterocycles. The lowest BCUT2D eigenvalue weighted by Gasteiger charge is -1.95. The molecule has 2 heterocycles. The van der Waals surface area contributed by atoms with E-state index in [1.54, 1.807) is 23.7 Å². The molecule has 0 saturated heterocycles. The predicted molar refractivity (Wildman–Crippen MR) is 64.6 cm³/mol. The van der Waals surface area contributed by atoms with Gasteiger partial charge in [0.25, 0.3) is 0 Å². The zero-order valence-corrected chi connectivity index (χ0v) is 10.1. The summed E-state index contributed by atoms with van der Waals surface area (Å²) in [6, 6.07) is 5.71. The summed E-state index contributed by atoms with van der Waals surface area (Å²) in [6.45, 7) is 1.86. The topological polar surface area (TPSA) is 30.2 Å². The summed E-state index contributed by atoms with van der Waals surface area (Å²) in [6.07, 6.45) is 1.78. The van der Waals surface area contributed by atoms with Gasteiger partial charge < -0.3 is 4.42 Å². The van der Waals surface area contributed by atoms with Gasteiger partial charge in [0, 0.05) is 0 Å². The van der Waals surface area contributed by atoms with Crippen molar-refractivity contribution in [1.82, 2.24) is 0 Å². The predicted octanol–water partition coefficient (Wildman–Crippen LogP) is 3.82. The third kappa shape index (κ3) is 2.01. The number of aryl methyl sites for hydroxylation is 1. The smallest absolute Gasteiger partial charge is 0.223 e. The fourth-order valence-electron chi connectivity index (χ4n) is 1.37. The van der Waals surface area contributed by atoms with Gasteiger partial charge in [-0.05, 0) is 30.7 Å². The monoisotopic (exact) mass is 238 g/mol. The van der Waals surface area contributed by atoms with E-state index in [0.717, 1.165) is 10.6 Å². The van der Waals surface area contributed by atoms with Crippen molar-refractivity contribution in [3.05, 3.63) is 34.9 Å². The minimum Gasteiger partial charge on any atom is -0.460 e. The molecule has 0 atom stereocenters.